The number of hydrogen-bond acceptors (Lipinski definition) is 3. The molecule has 1 unspecified atom stereocenters. The third-order valence-corrected chi connectivity index (χ3v) is 4.02. The first kappa shape index (κ1) is 15.0. The van der Waals surface area contributed by atoms with Crippen LogP contribution in [0.2, 0.25) is 0 Å². The average molecular weight is 275 g/mol. The van der Waals surface area contributed by atoms with Gasteiger partial charge in [-0.05, 0) is 37.4 Å². The van der Waals surface area contributed by atoms with Crippen molar-refractivity contribution in [2.75, 3.05) is 13.1 Å². The summed E-state index contributed by atoms with van der Waals surface area (Å²) in [6, 6.07) is 9.17. The summed E-state index contributed by atoms with van der Waals surface area (Å²) < 4.78 is 0. The van der Waals surface area contributed by atoms with Crippen LogP contribution in [0, 0.1) is 0 Å². The Hall–Kier alpha value is -1.39. The molecule has 1 fully saturated rings. The van der Waals surface area contributed by atoms with Crippen molar-refractivity contribution in [1.82, 2.24) is 10.2 Å². The summed E-state index contributed by atoms with van der Waals surface area (Å²) in [5.74, 6) is -0.115. The van der Waals surface area contributed by atoms with Gasteiger partial charge in [0.15, 0.2) is 0 Å². The first-order chi connectivity index (χ1) is 9.69. The fourth-order valence-electron chi connectivity index (χ4n) is 2.66. The zero-order valence-corrected chi connectivity index (χ0v) is 12.3. The van der Waals surface area contributed by atoms with Crippen LogP contribution in [-0.4, -0.2) is 29.9 Å². The molecule has 1 atom stereocenters. The average Bonchev–Trinajstić information content (AvgIpc) is 2.48. The SMILES string of the molecule is CC1CCCCN1Cc1ccc(CNC(=O)CN)cc1. The van der Waals surface area contributed by atoms with Crippen LogP contribution in [-0.2, 0) is 17.9 Å². The van der Waals surface area contributed by atoms with Gasteiger partial charge in [-0.3, -0.25) is 9.69 Å². The summed E-state index contributed by atoms with van der Waals surface area (Å²) in [7, 11) is 0. The van der Waals surface area contributed by atoms with Crippen molar-refractivity contribution < 1.29 is 4.79 Å². The summed E-state index contributed by atoms with van der Waals surface area (Å²) in [4.78, 5) is 13.7. The molecule has 20 heavy (non-hydrogen) atoms. The van der Waals surface area contributed by atoms with Crippen molar-refractivity contribution in [1.29, 1.82) is 0 Å². The van der Waals surface area contributed by atoms with Gasteiger partial charge < -0.3 is 11.1 Å². The number of nitrogens with zero attached hydrogens (tertiary/aromatic N) is 1. The third kappa shape index (κ3) is 4.32. The highest BCUT2D eigenvalue weighted by Gasteiger charge is 2.17. The molecule has 0 saturated carbocycles. The topological polar surface area (TPSA) is 58.4 Å². The smallest absolute Gasteiger partial charge is 0.234 e. The molecular formula is C16H25N3O. The van der Waals surface area contributed by atoms with Gasteiger partial charge in [-0.25, -0.2) is 0 Å². The Morgan fingerprint density at radius 1 is 1.30 bits per heavy atom. The molecule has 0 radical (unpaired) electrons. The van der Waals surface area contributed by atoms with Crippen molar-refractivity contribution in [2.45, 2.75) is 45.3 Å². The second-order valence-electron chi connectivity index (χ2n) is 5.61. The Labute approximate surface area is 121 Å². The molecule has 0 aromatic heterocycles. The maximum atomic E-state index is 11.1. The Bertz CT molecular complexity index is 430. The number of nitrogens with two attached hydrogens (primary N) is 1. The molecule has 110 valence electrons. The maximum absolute atomic E-state index is 11.1. The lowest BCUT2D eigenvalue weighted by atomic mass is 10.0. The molecule has 1 aliphatic rings. The van der Waals surface area contributed by atoms with Crippen molar-refractivity contribution in [3.05, 3.63) is 35.4 Å². The number of amides is 1. The number of carbonyl (C=O) groups excluding carboxylic acids is 1. The molecule has 4 nitrogen and oxygen atoms in total. The number of nitrogens with one attached hydrogen (secondary N) is 1. The summed E-state index contributed by atoms with van der Waals surface area (Å²) in [6.07, 6.45) is 3.98. The molecule has 0 spiro atoms. The first-order valence-corrected chi connectivity index (χ1v) is 7.47. The van der Waals surface area contributed by atoms with Gasteiger partial charge in [0.1, 0.15) is 0 Å². The van der Waals surface area contributed by atoms with Crippen molar-refractivity contribution in [2.24, 2.45) is 5.73 Å². The molecule has 2 rings (SSSR count). The predicted octanol–water partition coefficient (Wildman–Crippen LogP) is 1.64. The van der Waals surface area contributed by atoms with Crippen LogP contribution in [0.3, 0.4) is 0 Å². The standard InChI is InChI=1S/C16H25N3O/c1-13-4-2-3-9-19(13)12-15-7-5-14(6-8-15)11-18-16(20)10-17/h5-8,13H,2-4,9-12,17H2,1H3,(H,18,20). The molecule has 1 amide bonds. The van der Waals surface area contributed by atoms with Crippen LogP contribution in [0.4, 0.5) is 0 Å². The maximum Gasteiger partial charge on any atom is 0.234 e. The van der Waals surface area contributed by atoms with E-state index in [1.54, 1.807) is 0 Å². The molecular weight excluding hydrogens is 250 g/mol. The minimum absolute atomic E-state index is 0.0466. The van der Waals surface area contributed by atoms with Crippen molar-refractivity contribution in [3.63, 3.8) is 0 Å². The summed E-state index contributed by atoms with van der Waals surface area (Å²) in [5, 5.41) is 2.78. The zero-order valence-electron chi connectivity index (χ0n) is 12.3. The monoisotopic (exact) mass is 275 g/mol. The highest BCUT2D eigenvalue weighted by Crippen LogP contribution is 2.19. The molecule has 1 heterocycles. The van der Waals surface area contributed by atoms with Crippen molar-refractivity contribution >= 4 is 5.91 Å². The number of rotatable bonds is 5. The van der Waals surface area contributed by atoms with Crippen LogP contribution in [0.15, 0.2) is 24.3 Å². The number of hydrogen-bond donors (Lipinski definition) is 2. The van der Waals surface area contributed by atoms with E-state index in [4.69, 9.17) is 5.73 Å². The van der Waals surface area contributed by atoms with Gasteiger partial charge in [-0.15, -0.1) is 0 Å². The van der Waals surface area contributed by atoms with Crippen LogP contribution < -0.4 is 11.1 Å². The van der Waals surface area contributed by atoms with E-state index in [0.29, 0.717) is 12.6 Å². The fourth-order valence-corrected chi connectivity index (χ4v) is 2.66. The summed E-state index contributed by atoms with van der Waals surface area (Å²) in [5.41, 5.74) is 7.71. The molecule has 1 saturated heterocycles. The highest BCUT2D eigenvalue weighted by molar-refractivity contribution is 5.77. The molecule has 3 N–H and O–H groups in total. The molecule has 1 aliphatic heterocycles. The van der Waals surface area contributed by atoms with E-state index in [2.05, 4.69) is 41.4 Å². The van der Waals surface area contributed by atoms with Gasteiger partial charge in [0.25, 0.3) is 0 Å². The number of benzene rings is 1. The van der Waals surface area contributed by atoms with Gasteiger partial charge in [0.2, 0.25) is 5.91 Å². The number of likely N-dealkylation sites (tertiary alicyclic amines) is 1. The summed E-state index contributed by atoms with van der Waals surface area (Å²) in [6.45, 7) is 5.14. The van der Waals surface area contributed by atoms with E-state index in [0.717, 1.165) is 12.1 Å². The summed E-state index contributed by atoms with van der Waals surface area (Å²) >= 11 is 0. The molecule has 0 bridgehead atoms. The molecule has 4 heteroatoms. The van der Waals surface area contributed by atoms with Crippen LogP contribution in [0.25, 0.3) is 0 Å². The lowest BCUT2D eigenvalue weighted by Gasteiger charge is -2.33. The van der Waals surface area contributed by atoms with Crippen LogP contribution >= 0.6 is 0 Å². The van der Waals surface area contributed by atoms with E-state index in [1.165, 1.54) is 31.4 Å². The van der Waals surface area contributed by atoms with E-state index in [9.17, 15) is 4.79 Å². The minimum atomic E-state index is -0.115. The number of piperidine rings is 1. The van der Waals surface area contributed by atoms with E-state index >= 15 is 0 Å². The Morgan fingerprint density at radius 3 is 2.65 bits per heavy atom. The van der Waals surface area contributed by atoms with Gasteiger partial charge >= 0.3 is 0 Å². The van der Waals surface area contributed by atoms with Gasteiger partial charge in [-0.1, -0.05) is 30.7 Å². The highest BCUT2D eigenvalue weighted by atomic mass is 16.1. The lowest BCUT2D eigenvalue weighted by molar-refractivity contribution is -0.119. The Kier molecular flexibility index (Phi) is 5.56. The van der Waals surface area contributed by atoms with Crippen LogP contribution in [0.5, 0.6) is 0 Å². The second kappa shape index (κ2) is 7.41. The zero-order chi connectivity index (χ0) is 14.4. The molecule has 1 aromatic rings. The van der Waals surface area contributed by atoms with E-state index < -0.39 is 0 Å². The third-order valence-electron chi connectivity index (χ3n) is 4.02. The second-order valence-corrected chi connectivity index (χ2v) is 5.61. The normalized spacial score (nSPS) is 19.8. The van der Waals surface area contributed by atoms with Gasteiger partial charge in [0.05, 0.1) is 6.54 Å². The first-order valence-electron chi connectivity index (χ1n) is 7.47. The van der Waals surface area contributed by atoms with E-state index in [1.807, 2.05) is 0 Å². The van der Waals surface area contributed by atoms with Gasteiger partial charge in [-0.2, -0.15) is 0 Å². The minimum Gasteiger partial charge on any atom is -0.351 e. The Balaban J connectivity index is 1.86. The quantitative estimate of drug-likeness (QED) is 0.859. The molecule has 1 aromatic carbocycles. The number of carbonyl (C=O) groups is 1. The lowest BCUT2D eigenvalue weighted by Crippen LogP contribution is -2.36. The molecule has 0 aliphatic carbocycles. The van der Waals surface area contributed by atoms with E-state index in [-0.39, 0.29) is 12.5 Å². The van der Waals surface area contributed by atoms with Crippen molar-refractivity contribution in [3.8, 4) is 0 Å². The largest absolute Gasteiger partial charge is 0.351 e. The fraction of sp³-hybridized carbons (Fsp3) is 0.562. The van der Waals surface area contributed by atoms with Gasteiger partial charge in [0, 0.05) is 19.1 Å². The Morgan fingerprint density at radius 2 is 2.00 bits per heavy atom. The predicted molar refractivity (Wildman–Crippen MR) is 81.1 cm³/mol. The van der Waals surface area contributed by atoms with Crippen LogP contribution in [0.1, 0.15) is 37.3 Å².